The molecule has 0 saturated heterocycles. The summed E-state index contributed by atoms with van der Waals surface area (Å²) >= 11 is 0. The summed E-state index contributed by atoms with van der Waals surface area (Å²) in [6, 6.07) is 9.11. The Morgan fingerprint density at radius 3 is 2.90 bits per heavy atom. The molecule has 1 aromatic carbocycles. The van der Waals surface area contributed by atoms with E-state index >= 15 is 0 Å². The highest BCUT2D eigenvalue weighted by Gasteiger charge is 2.21. The summed E-state index contributed by atoms with van der Waals surface area (Å²) in [7, 11) is 1.59. The third-order valence-corrected chi connectivity index (χ3v) is 3.44. The van der Waals surface area contributed by atoms with E-state index in [2.05, 4.69) is 10.2 Å². The van der Waals surface area contributed by atoms with E-state index in [1.807, 2.05) is 31.3 Å². The molecule has 2 heterocycles. The van der Waals surface area contributed by atoms with Gasteiger partial charge in [-0.05, 0) is 25.1 Å². The fourth-order valence-electron chi connectivity index (χ4n) is 2.30. The molecule has 6 heteroatoms. The van der Waals surface area contributed by atoms with Gasteiger partial charge in [-0.15, -0.1) is 0 Å². The zero-order chi connectivity index (χ0) is 14.8. The Bertz CT molecular complexity index is 738. The first-order valence-corrected chi connectivity index (χ1v) is 6.75. The molecule has 3 rings (SSSR count). The van der Waals surface area contributed by atoms with E-state index in [4.69, 9.17) is 4.74 Å². The van der Waals surface area contributed by atoms with Crippen molar-refractivity contribution in [1.82, 2.24) is 9.78 Å². The number of benzene rings is 1. The Morgan fingerprint density at radius 1 is 1.33 bits per heavy atom. The number of aromatic nitrogens is 2. The normalized spacial score (nSPS) is 17.2. The first kappa shape index (κ1) is 13.4. The monoisotopic (exact) mass is 284 g/mol. The zero-order valence-electron chi connectivity index (χ0n) is 11.9. The van der Waals surface area contributed by atoms with Crippen LogP contribution in [0, 0.1) is 0 Å². The second-order valence-electron chi connectivity index (χ2n) is 4.86. The van der Waals surface area contributed by atoms with Crippen LogP contribution in [0.25, 0.3) is 5.69 Å². The molecule has 2 aromatic rings. The van der Waals surface area contributed by atoms with Crippen LogP contribution in [0.1, 0.15) is 13.3 Å². The molecule has 21 heavy (non-hydrogen) atoms. The van der Waals surface area contributed by atoms with Crippen LogP contribution < -0.4 is 15.3 Å². The van der Waals surface area contributed by atoms with Gasteiger partial charge in [0.2, 0.25) is 0 Å². The highest BCUT2D eigenvalue weighted by Crippen LogP contribution is 2.19. The summed E-state index contributed by atoms with van der Waals surface area (Å²) in [5, 5.41) is 10.1. The highest BCUT2D eigenvalue weighted by atomic mass is 16.5. The van der Waals surface area contributed by atoms with E-state index in [-0.39, 0.29) is 11.6 Å². The molecule has 0 saturated carbocycles. The van der Waals surface area contributed by atoms with Gasteiger partial charge in [0, 0.05) is 18.7 Å². The van der Waals surface area contributed by atoms with E-state index in [1.165, 1.54) is 4.68 Å². The van der Waals surface area contributed by atoms with Gasteiger partial charge in [0.25, 0.3) is 5.56 Å². The maximum Gasteiger partial charge on any atom is 0.296 e. The Morgan fingerprint density at radius 2 is 2.19 bits per heavy atom. The number of methoxy groups -OCH3 is 1. The van der Waals surface area contributed by atoms with E-state index in [1.54, 1.807) is 30.4 Å². The first-order valence-electron chi connectivity index (χ1n) is 6.75. The van der Waals surface area contributed by atoms with E-state index < -0.39 is 0 Å². The molecule has 1 atom stereocenters. The lowest BCUT2D eigenvalue weighted by Crippen LogP contribution is -2.32. The van der Waals surface area contributed by atoms with Crippen molar-refractivity contribution in [3.63, 3.8) is 0 Å². The molecule has 0 N–H and O–H groups in total. The number of anilines is 1. The molecule has 0 fully saturated rings. The number of rotatable bonds is 3. The van der Waals surface area contributed by atoms with Gasteiger partial charge in [0.15, 0.2) is 0 Å². The average molecular weight is 284 g/mol. The molecule has 108 valence electrons. The number of ether oxygens (including phenoxy) is 1. The van der Waals surface area contributed by atoms with E-state index in [0.717, 1.165) is 6.42 Å². The lowest BCUT2D eigenvalue weighted by Gasteiger charge is -2.19. The van der Waals surface area contributed by atoms with Crippen molar-refractivity contribution in [2.75, 3.05) is 12.1 Å². The van der Waals surface area contributed by atoms with E-state index in [9.17, 15) is 4.79 Å². The van der Waals surface area contributed by atoms with Crippen LogP contribution in [-0.4, -0.2) is 29.1 Å². The average Bonchev–Trinajstić information content (AvgIpc) is 2.93. The van der Waals surface area contributed by atoms with Gasteiger partial charge in [-0.2, -0.15) is 14.9 Å². The number of hydrogen-bond donors (Lipinski definition) is 0. The molecule has 0 aliphatic carbocycles. The molecule has 0 amide bonds. The highest BCUT2D eigenvalue weighted by molar-refractivity contribution is 5.66. The van der Waals surface area contributed by atoms with Crippen molar-refractivity contribution in [3.8, 4) is 11.4 Å². The number of nitrogens with zero attached hydrogens (tertiary/aromatic N) is 4. The first-order chi connectivity index (χ1) is 10.2. The quantitative estimate of drug-likeness (QED) is 0.862. The topological polar surface area (TPSA) is 59.7 Å². The predicted molar refractivity (Wildman–Crippen MR) is 81.4 cm³/mol. The Labute approximate surface area is 122 Å². The van der Waals surface area contributed by atoms with Gasteiger partial charge < -0.3 is 4.74 Å². The molecule has 6 nitrogen and oxygen atoms in total. The van der Waals surface area contributed by atoms with Crippen molar-refractivity contribution in [2.45, 2.75) is 19.4 Å². The summed E-state index contributed by atoms with van der Waals surface area (Å²) in [6.07, 6.45) is 4.26. The van der Waals surface area contributed by atoms with Crippen molar-refractivity contribution < 1.29 is 4.74 Å². The van der Waals surface area contributed by atoms with Crippen LogP contribution >= 0.6 is 0 Å². The molecule has 1 unspecified atom stereocenters. The standard InChI is InChI=1S/C15H16N4O2/c1-11-6-8-16-18(11)14-7-9-17-19(15(14)20)12-4-3-5-13(10-12)21-2/h3-5,7-11H,6H2,1-2H3. The van der Waals surface area contributed by atoms with Gasteiger partial charge in [0.1, 0.15) is 11.4 Å². The minimum Gasteiger partial charge on any atom is -0.497 e. The van der Waals surface area contributed by atoms with Crippen LogP contribution in [-0.2, 0) is 0 Å². The number of hydrazone groups is 1. The fraction of sp³-hybridized carbons (Fsp3) is 0.267. The van der Waals surface area contributed by atoms with Gasteiger partial charge in [0.05, 0.1) is 25.0 Å². The molecule has 0 spiro atoms. The second-order valence-corrected chi connectivity index (χ2v) is 4.86. The third kappa shape index (κ3) is 2.40. The Balaban J connectivity index is 2.08. The maximum atomic E-state index is 12.6. The lowest BCUT2D eigenvalue weighted by molar-refractivity contribution is 0.414. The van der Waals surface area contributed by atoms with Gasteiger partial charge in [-0.1, -0.05) is 6.07 Å². The van der Waals surface area contributed by atoms with Crippen molar-refractivity contribution in [2.24, 2.45) is 5.10 Å². The van der Waals surface area contributed by atoms with Crippen LogP contribution in [0.4, 0.5) is 5.69 Å². The molecule has 1 aliphatic rings. The zero-order valence-corrected chi connectivity index (χ0v) is 11.9. The SMILES string of the molecule is COc1cccc(-n2nccc(N3N=CCC3C)c2=O)c1. The molecule has 1 aromatic heterocycles. The fourth-order valence-corrected chi connectivity index (χ4v) is 2.30. The van der Waals surface area contributed by atoms with Gasteiger partial charge >= 0.3 is 0 Å². The molecular formula is C15H16N4O2. The summed E-state index contributed by atoms with van der Waals surface area (Å²) in [5.41, 5.74) is 0.989. The Hall–Kier alpha value is -2.63. The maximum absolute atomic E-state index is 12.6. The van der Waals surface area contributed by atoms with Crippen LogP contribution in [0.2, 0.25) is 0 Å². The van der Waals surface area contributed by atoms with Gasteiger partial charge in [-0.25, -0.2) is 0 Å². The molecule has 0 bridgehead atoms. The smallest absolute Gasteiger partial charge is 0.296 e. The van der Waals surface area contributed by atoms with Gasteiger partial charge in [-0.3, -0.25) is 9.80 Å². The summed E-state index contributed by atoms with van der Waals surface area (Å²) < 4.78 is 6.55. The molecule has 0 radical (unpaired) electrons. The van der Waals surface area contributed by atoms with Crippen molar-refractivity contribution >= 4 is 11.9 Å². The number of hydrogen-bond acceptors (Lipinski definition) is 5. The minimum absolute atomic E-state index is 0.179. The summed E-state index contributed by atoms with van der Waals surface area (Å²) in [4.78, 5) is 12.6. The summed E-state index contributed by atoms with van der Waals surface area (Å²) in [6.45, 7) is 2.03. The largest absolute Gasteiger partial charge is 0.497 e. The second kappa shape index (κ2) is 5.40. The summed E-state index contributed by atoms with van der Waals surface area (Å²) in [5.74, 6) is 0.680. The van der Waals surface area contributed by atoms with Crippen LogP contribution in [0.15, 0.2) is 46.4 Å². The predicted octanol–water partition coefficient (Wildman–Crippen LogP) is 1.83. The van der Waals surface area contributed by atoms with E-state index in [0.29, 0.717) is 17.1 Å². The minimum atomic E-state index is -0.198. The van der Waals surface area contributed by atoms with Crippen LogP contribution in [0.3, 0.4) is 0 Å². The van der Waals surface area contributed by atoms with Crippen LogP contribution in [0.5, 0.6) is 5.75 Å². The molecule has 1 aliphatic heterocycles. The third-order valence-electron chi connectivity index (χ3n) is 3.44. The Kier molecular flexibility index (Phi) is 3.43. The lowest BCUT2D eigenvalue weighted by atomic mass is 10.2. The van der Waals surface area contributed by atoms with Crippen molar-refractivity contribution in [3.05, 3.63) is 46.9 Å². The molecular weight excluding hydrogens is 268 g/mol. The van der Waals surface area contributed by atoms with Crippen molar-refractivity contribution in [1.29, 1.82) is 0 Å².